The Bertz CT molecular complexity index is 1250. The highest BCUT2D eigenvalue weighted by Gasteiger charge is 2.26. The SMILES string of the molecule is Cc1ccc2nccc(N3CCC(C(=O)Nc4ccc(-n5ccnc5C)cc4)CC3)c2c1. The number of fused-ring (bicyclic) bond motifs is 1. The standard InChI is InChI=1S/C26H27N5O/c1-18-3-8-24-23(17-18)25(9-12-28-24)30-14-10-20(11-15-30)26(32)29-21-4-6-22(7-5-21)31-16-13-27-19(31)2/h3-9,12-13,16-17,20H,10-11,14-15H2,1-2H3,(H,29,32). The lowest BCUT2D eigenvalue weighted by atomic mass is 9.95. The number of hydrogen-bond donors (Lipinski definition) is 1. The summed E-state index contributed by atoms with van der Waals surface area (Å²) in [6.07, 6.45) is 7.28. The van der Waals surface area contributed by atoms with Gasteiger partial charge in [0, 0.05) is 60.0 Å². The Morgan fingerprint density at radius 2 is 1.75 bits per heavy atom. The smallest absolute Gasteiger partial charge is 0.227 e. The monoisotopic (exact) mass is 425 g/mol. The highest BCUT2D eigenvalue weighted by Crippen LogP contribution is 2.30. The molecule has 2 aromatic carbocycles. The minimum Gasteiger partial charge on any atom is -0.371 e. The lowest BCUT2D eigenvalue weighted by molar-refractivity contribution is -0.120. The number of carbonyl (C=O) groups excluding carboxylic acids is 1. The molecule has 1 aliphatic heterocycles. The van der Waals surface area contributed by atoms with Gasteiger partial charge in [-0.15, -0.1) is 0 Å². The largest absolute Gasteiger partial charge is 0.371 e. The third-order valence-corrected chi connectivity index (χ3v) is 6.32. The van der Waals surface area contributed by atoms with Gasteiger partial charge in [-0.05, 0) is 69.2 Å². The van der Waals surface area contributed by atoms with Crippen LogP contribution in [0.4, 0.5) is 11.4 Å². The molecule has 4 aromatic rings. The molecular weight excluding hydrogens is 398 g/mol. The number of pyridine rings is 1. The first-order chi connectivity index (χ1) is 15.6. The van der Waals surface area contributed by atoms with Crippen molar-refractivity contribution in [2.45, 2.75) is 26.7 Å². The molecule has 0 unspecified atom stereocenters. The van der Waals surface area contributed by atoms with Crippen molar-refractivity contribution in [3.05, 3.63) is 78.5 Å². The zero-order valence-corrected chi connectivity index (χ0v) is 18.5. The Morgan fingerprint density at radius 3 is 2.47 bits per heavy atom. The lowest BCUT2D eigenvalue weighted by Gasteiger charge is -2.33. The van der Waals surface area contributed by atoms with Crippen LogP contribution in [0.3, 0.4) is 0 Å². The fourth-order valence-electron chi connectivity index (χ4n) is 4.50. The highest BCUT2D eigenvalue weighted by atomic mass is 16.1. The Morgan fingerprint density at radius 1 is 0.969 bits per heavy atom. The van der Waals surface area contributed by atoms with E-state index < -0.39 is 0 Å². The summed E-state index contributed by atoms with van der Waals surface area (Å²) < 4.78 is 2.02. The number of hydrogen-bond acceptors (Lipinski definition) is 4. The van der Waals surface area contributed by atoms with Crippen LogP contribution in [0.1, 0.15) is 24.2 Å². The van der Waals surface area contributed by atoms with E-state index in [0.29, 0.717) is 0 Å². The maximum atomic E-state index is 12.9. The van der Waals surface area contributed by atoms with Gasteiger partial charge in [-0.3, -0.25) is 9.78 Å². The van der Waals surface area contributed by atoms with E-state index >= 15 is 0 Å². The first-order valence-corrected chi connectivity index (χ1v) is 11.1. The van der Waals surface area contributed by atoms with Crippen LogP contribution in [0.15, 0.2) is 67.1 Å². The van der Waals surface area contributed by atoms with Crippen LogP contribution >= 0.6 is 0 Å². The third kappa shape index (κ3) is 3.96. The molecule has 1 aliphatic rings. The molecule has 0 radical (unpaired) electrons. The van der Waals surface area contributed by atoms with Crippen LogP contribution in [0.5, 0.6) is 0 Å². The molecule has 6 heteroatoms. The topological polar surface area (TPSA) is 63.1 Å². The Kier molecular flexibility index (Phi) is 5.35. The van der Waals surface area contributed by atoms with E-state index in [1.165, 1.54) is 16.6 Å². The number of carbonyl (C=O) groups is 1. The molecule has 1 amide bonds. The van der Waals surface area contributed by atoms with E-state index in [2.05, 4.69) is 51.4 Å². The molecule has 1 N–H and O–H groups in total. The van der Waals surface area contributed by atoms with Crippen LogP contribution in [-0.2, 0) is 4.79 Å². The molecule has 3 heterocycles. The van der Waals surface area contributed by atoms with Crippen molar-refractivity contribution in [3.8, 4) is 5.69 Å². The second-order valence-corrected chi connectivity index (χ2v) is 8.49. The Balaban J connectivity index is 1.23. The summed E-state index contributed by atoms with van der Waals surface area (Å²) in [6.45, 7) is 5.81. The number of rotatable bonds is 4. The quantitative estimate of drug-likeness (QED) is 0.506. The van der Waals surface area contributed by atoms with E-state index in [0.717, 1.165) is 48.6 Å². The first-order valence-electron chi connectivity index (χ1n) is 11.1. The number of aryl methyl sites for hydroxylation is 2. The Hall–Kier alpha value is -3.67. The molecule has 0 atom stereocenters. The maximum Gasteiger partial charge on any atom is 0.227 e. The number of aromatic nitrogens is 3. The molecule has 2 aromatic heterocycles. The zero-order valence-electron chi connectivity index (χ0n) is 18.5. The van der Waals surface area contributed by atoms with Crippen LogP contribution in [0.25, 0.3) is 16.6 Å². The van der Waals surface area contributed by atoms with Crippen LogP contribution < -0.4 is 10.2 Å². The molecule has 0 bridgehead atoms. The van der Waals surface area contributed by atoms with Crippen molar-refractivity contribution in [2.24, 2.45) is 5.92 Å². The van der Waals surface area contributed by atoms with Gasteiger partial charge in [-0.25, -0.2) is 4.98 Å². The summed E-state index contributed by atoms with van der Waals surface area (Å²) in [5.74, 6) is 1.06. The average Bonchev–Trinajstić information content (AvgIpc) is 3.25. The van der Waals surface area contributed by atoms with Gasteiger partial charge >= 0.3 is 0 Å². The van der Waals surface area contributed by atoms with Crippen LogP contribution in [0.2, 0.25) is 0 Å². The van der Waals surface area contributed by atoms with Gasteiger partial charge in [-0.1, -0.05) is 11.6 Å². The number of nitrogens with one attached hydrogen (secondary N) is 1. The second kappa shape index (κ2) is 8.46. The van der Waals surface area contributed by atoms with Crippen molar-refractivity contribution in [1.29, 1.82) is 0 Å². The molecule has 32 heavy (non-hydrogen) atoms. The first kappa shape index (κ1) is 20.2. The molecule has 0 saturated carbocycles. The number of amides is 1. The molecule has 0 spiro atoms. The van der Waals surface area contributed by atoms with E-state index in [9.17, 15) is 4.79 Å². The maximum absolute atomic E-state index is 12.9. The van der Waals surface area contributed by atoms with Gasteiger partial charge in [0.25, 0.3) is 0 Å². The summed E-state index contributed by atoms with van der Waals surface area (Å²) >= 11 is 0. The molecule has 1 saturated heterocycles. The number of nitrogens with zero attached hydrogens (tertiary/aromatic N) is 4. The van der Waals surface area contributed by atoms with Crippen molar-refractivity contribution >= 4 is 28.2 Å². The summed E-state index contributed by atoms with van der Waals surface area (Å²) in [7, 11) is 0. The van der Waals surface area contributed by atoms with Gasteiger partial charge in [0.05, 0.1) is 5.52 Å². The number of imidazole rings is 1. The molecule has 5 rings (SSSR count). The fourth-order valence-corrected chi connectivity index (χ4v) is 4.50. The summed E-state index contributed by atoms with van der Waals surface area (Å²) in [5.41, 5.74) is 5.32. The van der Waals surface area contributed by atoms with Crippen molar-refractivity contribution in [3.63, 3.8) is 0 Å². The molecule has 1 fully saturated rings. The van der Waals surface area contributed by atoms with Gasteiger partial charge in [0.2, 0.25) is 5.91 Å². The summed E-state index contributed by atoms with van der Waals surface area (Å²) in [5, 5.41) is 4.28. The molecule has 6 nitrogen and oxygen atoms in total. The van der Waals surface area contributed by atoms with Gasteiger partial charge in [-0.2, -0.15) is 0 Å². The van der Waals surface area contributed by atoms with Gasteiger partial charge in [0.15, 0.2) is 0 Å². The number of piperidine rings is 1. The zero-order chi connectivity index (χ0) is 22.1. The van der Waals surface area contributed by atoms with Gasteiger partial charge in [0.1, 0.15) is 5.82 Å². The summed E-state index contributed by atoms with van der Waals surface area (Å²) in [6, 6.07) is 16.4. The predicted molar refractivity (Wildman–Crippen MR) is 128 cm³/mol. The van der Waals surface area contributed by atoms with Crippen LogP contribution in [-0.4, -0.2) is 33.5 Å². The van der Waals surface area contributed by atoms with E-state index in [-0.39, 0.29) is 11.8 Å². The lowest BCUT2D eigenvalue weighted by Crippen LogP contribution is -2.38. The summed E-state index contributed by atoms with van der Waals surface area (Å²) in [4.78, 5) is 24.0. The van der Waals surface area contributed by atoms with E-state index in [1.54, 1.807) is 6.20 Å². The van der Waals surface area contributed by atoms with Crippen molar-refractivity contribution in [1.82, 2.24) is 14.5 Å². The normalized spacial score (nSPS) is 14.6. The second-order valence-electron chi connectivity index (χ2n) is 8.49. The van der Waals surface area contributed by atoms with Crippen molar-refractivity contribution in [2.75, 3.05) is 23.3 Å². The minimum atomic E-state index is 0.0247. The van der Waals surface area contributed by atoms with E-state index in [1.807, 2.05) is 48.1 Å². The van der Waals surface area contributed by atoms with Crippen molar-refractivity contribution < 1.29 is 4.79 Å². The molecule has 0 aliphatic carbocycles. The third-order valence-electron chi connectivity index (χ3n) is 6.32. The predicted octanol–water partition coefficient (Wildman–Crippen LogP) is 4.89. The average molecular weight is 426 g/mol. The minimum absolute atomic E-state index is 0.0247. The highest BCUT2D eigenvalue weighted by molar-refractivity contribution is 5.94. The fraction of sp³-hybridized carbons (Fsp3) is 0.269. The molecule has 162 valence electrons. The molecular formula is C26H27N5O. The number of benzene rings is 2. The Labute approximate surface area is 187 Å². The van der Waals surface area contributed by atoms with Gasteiger partial charge < -0.3 is 14.8 Å². The van der Waals surface area contributed by atoms with E-state index in [4.69, 9.17) is 0 Å². The van der Waals surface area contributed by atoms with Crippen LogP contribution in [0, 0.1) is 19.8 Å². The number of anilines is 2.